The van der Waals surface area contributed by atoms with Gasteiger partial charge in [0.15, 0.2) is 12.0 Å². The first-order chi connectivity index (χ1) is 10.7. The Hall–Kier alpha value is -2.89. The molecule has 1 aromatic heterocycles. The molecule has 2 aromatic carbocycles. The zero-order valence-electron chi connectivity index (χ0n) is 12.4. The lowest BCUT2D eigenvalue weighted by Crippen LogP contribution is -2.26. The van der Waals surface area contributed by atoms with Crippen LogP contribution >= 0.6 is 0 Å². The van der Waals surface area contributed by atoms with Gasteiger partial charge in [0.25, 0.3) is 0 Å². The number of para-hydroxylation sites is 1. The molecule has 0 radical (unpaired) electrons. The number of nitrogens with one attached hydrogen (secondary N) is 1. The third kappa shape index (κ3) is 1.92. The Morgan fingerprint density at radius 2 is 1.82 bits per heavy atom. The van der Waals surface area contributed by atoms with E-state index in [4.69, 9.17) is 0 Å². The summed E-state index contributed by atoms with van der Waals surface area (Å²) < 4.78 is 1.83. The average Bonchev–Trinajstić information content (AvgIpc) is 3.04. The number of hydrogen-bond acceptors (Lipinski definition) is 5. The lowest BCUT2D eigenvalue weighted by atomic mass is 10.1. The number of benzene rings is 2. The van der Waals surface area contributed by atoms with Crippen molar-refractivity contribution in [3.05, 3.63) is 54.1 Å². The summed E-state index contributed by atoms with van der Waals surface area (Å²) in [6.07, 6.45) is -0.101. The van der Waals surface area contributed by atoms with E-state index in [0.29, 0.717) is 0 Å². The average molecular weight is 292 g/mol. The van der Waals surface area contributed by atoms with Crippen LogP contribution in [0.15, 0.2) is 48.5 Å². The van der Waals surface area contributed by atoms with Crippen molar-refractivity contribution < 1.29 is 0 Å². The molecule has 1 aliphatic heterocycles. The van der Waals surface area contributed by atoms with Crippen molar-refractivity contribution in [2.24, 2.45) is 0 Å². The maximum absolute atomic E-state index is 4.17. The molecule has 1 unspecified atom stereocenters. The molecule has 4 rings (SSSR count). The van der Waals surface area contributed by atoms with Crippen molar-refractivity contribution in [3.63, 3.8) is 0 Å². The van der Waals surface area contributed by atoms with Crippen molar-refractivity contribution in [1.29, 1.82) is 0 Å². The van der Waals surface area contributed by atoms with Gasteiger partial charge in [-0.05, 0) is 40.3 Å². The van der Waals surface area contributed by atoms with Crippen LogP contribution in [0, 0.1) is 0 Å². The van der Waals surface area contributed by atoms with Crippen LogP contribution in [0.4, 0.5) is 11.4 Å². The minimum Gasteiger partial charge on any atom is -0.378 e. The third-order valence-corrected chi connectivity index (χ3v) is 3.92. The molecule has 6 heteroatoms. The molecule has 22 heavy (non-hydrogen) atoms. The van der Waals surface area contributed by atoms with E-state index in [1.165, 1.54) is 0 Å². The highest BCUT2D eigenvalue weighted by atomic mass is 15.6. The number of anilines is 2. The molecule has 0 saturated carbocycles. The molecule has 1 atom stereocenters. The van der Waals surface area contributed by atoms with Crippen LogP contribution in [0.2, 0.25) is 0 Å². The molecular formula is C16H16N6. The largest absolute Gasteiger partial charge is 0.378 e. The molecule has 0 saturated heterocycles. The summed E-state index contributed by atoms with van der Waals surface area (Å²) in [5, 5.41) is 15.7. The molecule has 0 spiro atoms. The number of rotatable bonds is 2. The fourth-order valence-electron chi connectivity index (χ4n) is 2.74. The molecule has 0 fully saturated rings. The fourth-order valence-corrected chi connectivity index (χ4v) is 2.74. The Labute approximate surface area is 128 Å². The van der Waals surface area contributed by atoms with Crippen molar-refractivity contribution in [3.8, 4) is 11.4 Å². The van der Waals surface area contributed by atoms with Crippen molar-refractivity contribution >= 4 is 11.4 Å². The van der Waals surface area contributed by atoms with Gasteiger partial charge in [0.05, 0.1) is 0 Å². The first-order valence-electron chi connectivity index (χ1n) is 7.15. The molecule has 1 N–H and O–H groups in total. The van der Waals surface area contributed by atoms with Gasteiger partial charge in [0.2, 0.25) is 0 Å². The van der Waals surface area contributed by atoms with Crippen LogP contribution in [-0.4, -0.2) is 34.3 Å². The minimum atomic E-state index is -0.101. The fraction of sp³-hybridized carbons (Fsp3) is 0.188. The van der Waals surface area contributed by atoms with Crippen LogP contribution in [0.25, 0.3) is 11.4 Å². The highest BCUT2D eigenvalue weighted by molar-refractivity contribution is 5.76. The van der Waals surface area contributed by atoms with Gasteiger partial charge in [-0.25, -0.2) is 0 Å². The van der Waals surface area contributed by atoms with Crippen LogP contribution in [0.1, 0.15) is 11.7 Å². The highest BCUT2D eigenvalue weighted by Crippen LogP contribution is 2.36. The molecule has 3 aromatic rings. The Balaban J connectivity index is 1.78. The van der Waals surface area contributed by atoms with Gasteiger partial charge >= 0.3 is 0 Å². The van der Waals surface area contributed by atoms with Crippen LogP contribution < -0.4 is 10.2 Å². The van der Waals surface area contributed by atoms with E-state index < -0.39 is 0 Å². The number of nitrogens with zero attached hydrogens (tertiary/aromatic N) is 5. The van der Waals surface area contributed by atoms with Gasteiger partial charge < -0.3 is 10.2 Å². The van der Waals surface area contributed by atoms with E-state index in [2.05, 4.69) is 56.1 Å². The smallest absolute Gasteiger partial charge is 0.186 e. The molecule has 0 amide bonds. The zero-order valence-corrected chi connectivity index (χ0v) is 12.4. The Morgan fingerprint density at radius 3 is 2.59 bits per heavy atom. The predicted molar refractivity (Wildman–Crippen MR) is 85.8 cm³/mol. The maximum atomic E-state index is 4.17. The summed E-state index contributed by atoms with van der Waals surface area (Å²) in [5.74, 6) is 0.788. The van der Waals surface area contributed by atoms with Gasteiger partial charge in [-0.2, -0.15) is 4.68 Å². The summed E-state index contributed by atoms with van der Waals surface area (Å²) in [6.45, 7) is 0. The number of fused-ring (bicyclic) bond motifs is 3. The maximum Gasteiger partial charge on any atom is 0.186 e. The van der Waals surface area contributed by atoms with Gasteiger partial charge in [-0.15, -0.1) is 5.10 Å². The SMILES string of the molecule is CN(C)c1ccc(C2Nc3ccccc3-c3nnnn32)cc1. The van der Waals surface area contributed by atoms with Crippen LogP contribution in [0.5, 0.6) is 0 Å². The lowest BCUT2D eigenvalue weighted by Gasteiger charge is -2.27. The summed E-state index contributed by atoms with van der Waals surface area (Å²) in [5.41, 5.74) is 4.35. The second-order valence-corrected chi connectivity index (χ2v) is 5.53. The minimum absolute atomic E-state index is 0.101. The van der Waals surface area contributed by atoms with Crippen molar-refractivity contribution in [2.75, 3.05) is 24.3 Å². The summed E-state index contributed by atoms with van der Waals surface area (Å²) in [4.78, 5) is 2.08. The molecule has 2 heterocycles. The quantitative estimate of drug-likeness (QED) is 0.786. The van der Waals surface area contributed by atoms with Gasteiger partial charge in [-0.1, -0.05) is 24.3 Å². The van der Waals surface area contributed by atoms with Crippen molar-refractivity contribution in [2.45, 2.75) is 6.17 Å². The molecule has 110 valence electrons. The summed E-state index contributed by atoms with van der Waals surface area (Å²) >= 11 is 0. The van der Waals surface area contributed by atoms with E-state index in [0.717, 1.165) is 28.3 Å². The predicted octanol–water partition coefficient (Wildman–Crippen LogP) is 2.38. The number of tetrazole rings is 1. The van der Waals surface area contributed by atoms with Gasteiger partial charge in [0.1, 0.15) is 0 Å². The Kier molecular flexibility index (Phi) is 2.82. The third-order valence-electron chi connectivity index (χ3n) is 3.92. The van der Waals surface area contributed by atoms with E-state index in [-0.39, 0.29) is 6.17 Å². The topological polar surface area (TPSA) is 58.9 Å². The number of hydrogen-bond donors (Lipinski definition) is 1. The zero-order chi connectivity index (χ0) is 15.1. The monoisotopic (exact) mass is 292 g/mol. The first-order valence-corrected chi connectivity index (χ1v) is 7.15. The van der Waals surface area contributed by atoms with E-state index in [1.807, 2.05) is 37.0 Å². The van der Waals surface area contributed by atoms with Crippen LogP contribution in [0.3, 0.4) is 0 Å². The van der Waals surface area contributed by atoms with E-state index in [1.54, 1.807) is 0 Å². The second kappa shape index (κ2) is 4.84. The molecule has 0 aliphatic carbocycles. The van der Waals surface area contributed by atoms with Gasteiger partial charge in [-0.3, -0.25) is 0 Å². The Morgan fingerprint density at radius 1 is 1.05 bits per heavy atom. The normalized spacial score (nSPS) is 15.6. The van der Waals surface area contributed by atoms with Gasteiger partial charge in [0, 0.05) is 31.0 Å². The molecule has 1 aliphatic rings. The second-order valence-electron chi connectivity index (χ2n) is 5.53. The number of aromatic nitrogens is 4. The molecule has 6 nitrogen and oxygen atoms in total. The highest BCUT2D eigenvalue weighted by Gasteiger charge is 2.27. The molecule has 0 bridgehead atoms. The lowest BCUT2D eigenvalue weighted by molar-refractivity contribution is 0.553. The summed E-state index contributed by atoms with van der Waals surface area (Å²) in [6, 6.07) is 16.5. The summed E-state index contributed by atoms with van der Waals surface area (Å²) in [7, 11) is 4.06. The first kappa shape index (κ1) is 12.8. The standard InChI is InChI=1S/C16H16N6/c1-21(2)12-9-7-11(8-10-12)15-17-14-6-4-3-5-13(14)16-18-19-20-22(15)16/h3-10,15,17H,1-2H3. The molecular weight excluding hydrogens is 276 g/mol. The van der Waals surface area contributed by atoms with Crippen LogP contribution in [-0.2, 0) is 0 Å². The van der Waals surface area contributed by atoms with Crippen molar-refractivity contribution in [1.82, 2.24) is 20.2 Å². The van der Waals surface area contributed by atoms with E-state index >= 15 is 0 Å². The Bertz CT molecular complexity index is 806. The van der Waals surface area contributed by atoms with E-state index in [9.17, 15) is 0 Å².